The first-order valence-electron chi connectivity index (χ1n) is 8.44. The van der Waals surface area contributed by atoms with E-state index in [2.05, 4.69) is 10.9 Å². The average Bonchev–Trinajstić information content (AvgIpc) is 2.89. The summed E-state index contributed by atoms with van der Waals surface area (Å²) < 4.78 is 0. The van der Waals surface area contributed by atoms with E-state index < -0.39 is 33.0 Å². The Labute approximate surface area is 150 Å². The number of carbonyl (C=O) groups excluding carboxylic acids is 3. The average molecular weight is 359 g/mol. The Bertz CT molecular complexity index is 834. The fraction of sp³-hybridized carbons (Fsp3) is 0.500. The highest BCUT2D eigenvalue weighted by atomic mass is 16.6. The highest BCUT2D eigenvalue weighted by Gasteiger charge is 2.72. The predicted octanol–water partition coefficient (Wildman–Crippen LogP) is 2.14. The van der Waals surface area contributed by atoms with Crippen molar-refractivity contribution in [2.75, 3.05) is 0 Å². The van der Waals surface area contributed by atoms with Gasteiger partial charge in [0.25, 0.3) is 11.6 Å². The van der Waals surface area contributed by atoms with Crippen molar-refractivity contribution in [3.05, 3.63) is 39.9 Å². The molecule has 2 amide bonds. The van der Waals surface area contributed by atoms with Gasteiger partial charge in [-0.1, -0.05) is 26.8 Å². The van der Waals surface area contributed by atoms with E-state index in [4.69, 9.17) is 0 Å². The monoisotopic (exact) mass is 359 g/mol. The van der Waals surface area contributed by atoms with Gasteiger partial charge in [0.1, 0.15) is 5.78 Å². The van der Waals surface area contributed by atoms with Gasteiger partial charge in [-0.05, 0) is 24.3 Å². The number of Topliss-reactive ketones (excluding diaryl/α,β-unsaturated/α-hetero) is 1. The quantitative estimate of drug-likeness (QED) is 0.633. The van der Waals surface area contributed by atoms with Gasteiger partial charge in [0.05, 0.1) is 10.3 Å². The Morgan fingerprint density at radius 3 is 2.38 bits per heavy atom. The number of hydrogen-bond acceptors (Lipinski definition) is 5. The maximum absolute atomic E-state index is 12.9. The topological polar surface area (TPSA) is 118 Å². The van der Waals surface area contributed by atoms with Crippen LogP contribution in [0.2, 0.25) is 0 Å². The minimum Gasteiger partial charge on any atom is -0.299 e. The maximum Gasteiger partial charge on any atom is 0.270 e. The number of fused-ring (bicyclic) bond motifs is 2. The number of rotatable bonds is 3. The number of ketones is 1. The van der Waals surface area contributed by atoms with Gasteiger partial charge in [-0.2, -0.15) is 0 Å². The van der Waals surface area contributed by atoms with E-state index in [-0.39, 0.29) is 23.5 Å². The molecule has 0 spiro atoms. The molecular weight excluding hydrogens is 338 g/mol. The molecule has 2 bridgehead atoms. The van der Waals surface area contributed by atoms with Gasteiger partial charge >= 0.3 is 0 Å². The third-order valence-corrected chi connectivity index (χ3v) is 6.75. The van der Waals surface area contributed by atoms with E-state index in [1.807, 2.05) is 20.8 Å². The summed E-state index contributed by atoms with van der Waals surface area (Å²) in [5.41, 5.74) is 2.69. The first-order valence-corrected chi connectivity index (χ1v) is 8.44. The van der Waals surface area contributed by atoms with Crippen LogP contribution < -0.4 is 10.9 Å². The van der Waals surface area contributed by atoms with Crippen LogP contribution in [0.5, 0.6) is 0 Å². The van der Waals surface area contributed by atoms with Crippen LogP contribution in [0.1, 0.15) is 50.4 Å². The van der Waals surface area contributed by atoms with E-state index in [1.165, 1.54) is 18.2 Å². The smallest absolute Gasteiger partial charge is 0.270 e. The molecule has 2 unspecified atom stereocenters. The Balaban J connectivity index is 1.74. The zero-order valence-electron chi connectivity index (χ0n) is 14.9. The molecular formula is C18H21N3O5. The number of non-ortho nitro benzene ring substituents is 1. The molecule has 2 atom stereocenters. The number of nitrogens with zero attached hydrogens (tertiary/aromatic N) is 1. The molecule has 2 N–H and O–H groups in total. The number of nitro groups is 1. The first-order chi connectivity index (χ1) is 12.0. The molecule has 0 heterocycles. The zero-order valence-corrected chi connectivity index (χ0v) is 14.9. The van der Waals surface area contributed by atoms with E-state index in [0.717, 1.165) is 6.07 Å². The van der Waals surface area contributed by atoms with Crippen LogP contribution in [0.4, 0.5) is 5.69 Å². The number of nitrogens with one attached hydrogen (secondary N) is 2. The summed E-state index contributed by atoms with van der Waals surface area (Å²) in [6, 6.07) is 5.23. The second-order valence-corrected chi connectivity index (χ2v) is 7.85. The van der Waals surface area contributed by atoms with Gasteiger partial charge in [-0.25, -0.2) is 0 Å². The first kappa shape index (κ1) is 18.0. The van der Waals surface area contributed by atoms with Crippen LogP contribution in [-0.4, -0.2) is 22.5 Å². The Hall–Kier alpha value is -2.77. The van der Waals surface area contributed by atoms with Gasteiger partial charge in [0, 0.05) is 29.5 Å². The number of benzene rings is 1. The normalized spacial score (nSPS) is 28.7. The van der Waals surface area contributed by atoms with Gasteiger partial charge < -0.3 is 0 Å². The van der Waals surface area contributed by atoms with Crippen molar-refractivity contribution in [3.63, 3.8) is 0 Å². The third-order valence-electron chi connectivity index (χ3n) is 6.75. The number of hydrogen-bond donors (Lipinski definition) is 2. The molecule has 2 aliphatic carbocycles. The van der Waals surface area contributed by atoms with Crippen molar-refractivity contribution in [2.24, 2.45) is 16.2 Å². The molecule has 1 aromatic rings. The van der Waals surface area contributed by atoms with E-state index in [9.17, 15) is 24.5 Å². The zero-order chi connectivity index (χ0) is 19.3. The van der Waals surface area contributed by atoms with Gasteiger partial charge in [0.2, 0.25) is 5.91 Å². The Morgan fingerprint density at radius 1 is 1.15 bits per heavy atom. The second kappa shape index (κ2) is 5.62. The lowest BCUT2D eigenvalue weighted by Crippen LogP contribution is -2.52. The molecule has 0 radical (unpaired) electrons. The molecule has 8 heteroatoms. The van der Waals surface area contributed by atoms with Crippen LogP contribution in [0.3, 0.4) is 0 Å². The highest BCUT2D eigenvalue weighted by Crippen LogP contribution is 2.70. The van der Waals surface area contributed by atoms with Crippen molar-refractivity contribution in [3.8, 4) is 0 Å². The van der Waals surface area contributed by atoms with Crippen LogP contribution >= 0.6 is 0 Å². The lowest BCUT2D eigenvalue weighted by Gasteiger charge is -2.38. The number of carbonyl (C=O) groups is 3. The molecule has 2 fully saturated rings. The van der Waals surface area contributed by atoms with Crippen molar-refractivity contribution in [1.29, 1.82) is 0 Å². The standard InChI is InChI=1S/C18H21N3O5/c1-16(2)17(3)7-8-18(16,10-13(17)22)15(24)20-19-14(23)11-5-4-6-12(9-11)21(25)26/h4-6,9H,7-8,10H2,1-3H3,(H,19,23)(H,20,24). The summed E-state index contributed by atoms with van der Waals surface area (Å²) in [4.78, 5) is 47.7. The Kier molecular flexibility index (Phi) is 3.90. The van der Waals surface area contributed by atoms with Gasteiger partial charge in [0.15, 0.2) is 0 Å². The molecule has 1 aromatic carbocycles. The summed E-state index contributed by atoms with van der Waals surface area (Å²) in [5, 5.41) is 10.8. The predicted molar refractivity (Wildman–Crippen MR) is 91.9 cm³/mol. The van der Waals surface area contributed by atoms with Crippen molar-refractivity contribution in [2.45, 2.75) is 40.0 Å². The molecule has 3 rings (SSSR count). The van der Waals surface area contributed by atoms with E-state index in [0.29, 0.717) is 12.8 Å². The molecule has 8 nitrogen and oxygen atoms in total. The van der Waals surface area contributed by atoms with Crippen molar-refractivity contribution < 1.29 is 19.3 Å². The lowest BCUT2D eigenvalue weighted by atomic mass is 9.64. The van der Waals surface area contributed by atoms with Crippen LogP contribution in [0.25, 0.3) is 0 Å². The minimum absolute atomic E-state index is 0.0648. The summed E-state index contributed by atoms with van der Waals surface area (Å²) in [6.45, 7) is 5.75. The Morgan fingerprint density at radius 2 is 1.85 bits per heavy atom. The molecule has 0 aromatic heterocycles. The summed E-state index contributed by atoms with van der Waals surface area (Å²) in [6.07, 6.45) is 1.39. The molecule has 0 aliphatic heterocycles. The fourth-order valence-electron chi connectivity index (χ4n) is 4.43. The summed E-state index contributed by atoms with van der Waals surface area (Å²) >= 11 is 0. The summed E-state index contributed by atoms with van der Waals surface area (Å²) in [7, 11) is 0. The van der Waals surface area contributed by atoms with Crippen molar-refractivity contribution >= 4 is 23.3 Å². The molecule has 26 heavy (non-hydrogen) atoms. The maximum atomic E-state index is 12.9. The highest BCUT2D eigenvalue weighted by molar-refractivity contribution is 6.01. The SMILES string of the molecule is CC12CCC(C(=O)NNC(=O)c3cccc([N+](=O)[O-])c3)(CC1=O)C2(C)C. The number of nitro benzene ring substituents is 1. The largest absolute Gasteiger partial charge is 0.299 e. The van der Waals surface area contributed by atoms with Crippen LogP contribution in [-0.2, 0) is 9.59 Å². The minimum atomic E-state index is -0.852. The third kappa shape index (κ3) is 2.24. The summed E-state index contributed by atoms with van der Waals surface area (Å²) in [5.74, 6) is -0.967. The number of amides is 2. The van der Waals surface area contributed by atoms with Gasteiger partial charge in [-0.15, -0.1) is 0 Å². The van der Waals surface area contributed by atoms with Crippen LogP contribution in [0, 0.1) is 26.4 Å². The second-order valence-electron chi connectivity index (χ2n) is 7.85. The van der Waals surface area contributed by atoms with Crippen LogP contribution in [0.15, 0.2) is 24.3 Å². The van der Waals surface area contributed by atoms with Crippen molar-refractivity contribution in [1.82, 2.24) is 10.9 Å². The van der Waals surface area contributed by atoms with E-state index in [1.54, 1.807) is 0 Å². The molecule has 138 valence electrons. The van der Waals surface area contributed by atoms with E-state index >= 15 is 0 Å². The number of hydrazine groups is 1. The molecule has 2 aliphatic rings. The van der Waals surface area contributed by atoms with Gasteiger partial charge in [-0.3, -0.25) is 35.3 Å². The molecule has 0 saturated heterocycles. The lowest BCUT2D eigenvalue weighted by molar-refractivity contribution is -0.384. The fourth-order valence-corrected chi connectivity index (χ4v) is 4.43. The molecule has 2 saturated carbocycles.